The van der Waals surface area contributed by atoms with Gasteiger partial charge >= 0.3 is 6.03 Å². The number of methoxy groups -OCH3 is 1. The number of hydrogen-bond donors (Lipinski definition) is 2. The molecule has 2 unspecified atom stereocenters. The molecular formula is C26H32N4O4. The number of benzene rings is 2. The summed E-state index contributed by atoms with van der Waals surface area (Å²) in [6.45, 7) is 4.03. The van der Waals surface area contributed by atoms with Crippen LogP contribution >= 0.6 is 0 Å². The summed E-state index contributed by atoms with van der Waals surface area (Å²) in [5.74, 6) is 0.950. The summed E-state index contributed by atoms with van der Waals surface area (Å²) in [5, 5.41) is 24.8. The first kappa shape index (κ1) is 23.8. The van der Waals surface area contributed by atoms with Gasteiger partial charge in [0.25, 0.3) is 0 Å². The number of piperidine rings is 1. The first-order chi connectivity index (χ1) is 16.3. The highest BCUT2D eigenvalue weighted by Crippen LogP contribution is 2.37. The summed E-state index contributed by atoms with van der Waals surface area (Å²) < 4.78 is 7.25. The lowest BCUT2D eigenvalue weighted by atomic mass is 9.85. The van der Waals surface area contributed by atoms with Crippen molar-refractivity contribution in [1.82, 2.24) is 19.7 Å². The SMILES string of the molecule is COc1ccc(-n2nc(C3CC(C)N(C(=O)N(C)O)C(C)C3)cc2-c2ccc(CO)cc2)cc1. The number of hydroxylamine groups is 2. The van der Waals surface area contributed by atoms with Crippen LogP contribution in [0.4, 0.5) is 4.79 Å². The van der Waals surface area contributed by atoms with Crippen molar-refractivity contribution in [3.8, 4) is 22.7 Å². The van der Waals surface area contributed by atoms with Gasteiger partial charge in [-0.15, -0.1) is 0 Å². The van der Waals surface area contributed by atoms with E-state index in [0.717, 1.165) is 46.8 Å². The monoisotopic (exact) mass is 464 g/mol. The molecule has 1 fully saturated rings. The summed E-state index contributed by atoms with van der Waals surface area (Å²) in [6.07, 6.45) is 1.51. The zero-order valence-corrected chi connectivity index (χ0v) is 20.0. The van der Waals surface area contributed by atoms with Crippen LogP contribution in [0.25, 0.3) is 16.9 Å². The third kappa shape index (κ3) is 4.64. The number of likely N-dealkylation sites (tertiary alicyclic amines) is 1. The molecule has 1 saturated heterocycles. The van der Waals surface area contributed by atoms with Crippen molar-refractivity contribution in [2.75, 3.05) is 14.2 Å². The number of aliphatic hydroxyl groups excluding tert-OH is 1. The van der Waals surface area contributed by atoms with Crippen molar-refractivity contribution in [3.05, 3.63) is 65.9 Å². The van der Waals surface area contributed by atoms with Gasteiger partial charge in [0.05, 0.1) is 30.8 Å². The number of aliphatic hydroxyl groups is 1. The van der Waals surface area contributed by atoms with Crippen LogP contribution in [0.3, 0.4) is 0 Å². The van der Waals surface area contributed by atoms with Crippen LogP contribution in [0.1, 0.15) is 43.9 Å². The molecule has 0 radical (unpaired) electrons. The Morgan fingerprint density at radius 3 is 2.24 bits per heavy atom. The molecule has 1 aliphatic heterocycles. The predicted octanol–water partition coefficient (Wildman–Crippen LogP) is 4.44. The molecule has 2 aromatic carbocycles. The number of amides is 2. The van der Waals surface area contributed by atoms with E-state index in [1.807, 2.05) is 67.1 Å². The number of urea groups is 1. The lowest BCUT2D eigenvalue weighted by Crippen LogP contribution is -2.53. The maximum absolute atomic E-state index is 12.4. The van der Waals surface area contributed by atoms with E-state index < -0.39 is 0 Å². The van der Waals surface area contributed by atoms with Gasteiger partial charge in [-0.25, -0.2) is 14.5 Å². The first-order valence-corrected chi connectivity index (χ1v) is 11.5. The fourth-order valence-corrected chi connectivity index (χ4v) is 4.87. The lowest BCUT2D eigenvalue weighted by molar-refractivity contribution is -0.0473. The van der Waals surface area contributed by atoms with Crippen LogP contribution < -0.4 is 4.74 Å². The molecule has 2 heterocycles. The Balaban J connectivity index is 1.71. The van der Waals surface area contributed by atoms with Crippen molar-refractivity contribution in [2.24, 2.45) is 0 Å². The van der Waals surface area contributed by atoms with Gasteiger partial charge in [-0.2, -0.15) is 5.10 Å². The zero-order chi connectivity index (χ0) is 24.4. The fraction of sp³-hybridized carbons (Fsp3) is 0.385. The minimum absolute atomic E-state index is 0.000624. The summed E-state index contributed by atoms with van der Waals surface area (Å²) >= 11 is 0. The number of nitrogens with zero attached hydrogens (tertiary/aromatic N) is 4. The smallest absolute Gasteiger partial charge is 0.343 e. The van der Waals surface area contributed by atoms with Crippen molar-refractivity contribution < 1.29 is 19.8 Å². The van der Waals surface area contributed by atoms with Gasteiger partial charge in [0.15, 0.2) is 0 Å². The average Bonchev–Trinajstić information content (AvgIpc) is 3.29. The van der Waals surface area contributed by atoms with E-state index in [9.17, 15) is 15.1 Å². The summed E-state index contributed by atoms with van der Waals surface area (Å²) in [5.41, 5.74) is 4.71. The Labute approximate surface area is 199 Å². The molecular weight excluding hydrogens is 432 g/mol. The minimum Gasteiger partial charge on any atom is -0.497 e. The molecule has 0 spiro atoms. The Kier molecular flexibility index (Phi) is 6.90. The van der Waals surface area contributed by atoms with E-state index in [-0.39, 0.29) is 30.6 Å². The first-order valence-electron chi connectivity index (χ1n) is 11.5. The molecule has 180 valence electrons. The molecule has 1 aliphatic rings. The summed E-state index contributed by atoms with van der Waals surface area (Å²) in [4.78, 5) is 14.2. The molecule has 34 heavy (non-hydrogen) atoms. The van der Waals surface area contributed by atoms with E-state index in [1.165, 1.54) is 7.05 Å². The van der Waals surface area contributed by atoms with Crippen molar-refractivity contribution in [1.29, 1.82) is 0 Å². The van der Waals surface area contributed by atoms with Crippen LogP contribution in [-0.2, 0) is 6.61 Å². The van der Waals surface area contributed by atoms with Gasteiger partial charge in [0, 0.05) is 30.6 Å². The van der Waals surface area contributed by atoms with Crippen molar-refractivity contribution >= 4 is 6.03 Å². The molecule has 0 saturated carbocycles. The summed E-state index contributed by atoms with van der Waals surface area (Å²) in [7, 11) is 3.00. The second-order valence-electron chi connectivity index (χ2n) is 9.00. The number of rotatable bonds is 5. The van der Waals surface area contributed by atoms with Crippen LogP contribution in [0, 0.1) is 0 Å². The number of hydrogen-bond acceptors (Lipinski definition) is 5. The average molecular weight is 465 g/mol. The molecule has 2 amide bonds. The molecule has 2 N–H and O–H groups in total. The van der Waals surface area contributed by atoms with Gasteiger partial charge in [0.2, 0.25) is 0 Å². The molecule has 2 atom stereocenters. The Morgan fingerprint density at radius 1 is 1.09 bits per heavy atom. The third-order valence-electron chi connectivity index (χ3n) is 6.59. The Morgan fingerprint density at radius 2 is 1.71 bits per heavy atom. The molecule has 0 bridgehead atoms. The maximum atomic E-state index is 12.4. The van der Waals surface area contributed by atoms with Crippen LogP contribution in [0.15, 0.2) is 54.6 Å². The van der Waals surface area contributed by atoms with E-state index in [2.05, 4.69) is 6.07 Å². The standard InChI is InChI=1S/C26H32N4O4/c1-17-13-21(14-18(2)29(17)26(32)28(3)33)24-15-25(20-7-5-19(16-31)6-8-20)30(27-24)22-9-11-23(34-4)12-10-22/h5-12,15,17-18,21,31,33H,13-14,16H2,1-4H3. The van der Waals surface area contributed by atoms with Gasteiger partial charge in [-0.05, 0) is 62.6 Å². The quantitative estimate of drug-likeness (QED) is 0.430. The summed E-state index contributed by atoms with van der Waals surface area (Å²) in [6, 6.07) is 17.3. The highest BCUT2D eigenvalue weighted by atomic mass is 16.5. The predicted molar refractivity (Wildman–Crippen MR) is 129 cm³/mol. The molecule has 8 nitrogen and oxygen atoms in total. The molecule has 3 aromatic rings. The molecule has 1 aromatic heterocycles. The van der Waals surface area contributed by atoms with E-state index in [0.29, 0.717) is 5.06 Å². The van der Waals surface area contributed by atoms with Crippen molar-refractivity contribution in [2.45, 2.75) is 51.3 Å². The van der Waals surface area contributed by atoms with Crippen LogP contribution in [-0.4, -0.2) is 62.3 Å². The topological polar surface area (TPSA) is 91.1 Å². The van der Waals surface area contributed by atoms with Crippen LogP contribution in [0.2, 0.25) is 0 Å². The highest BCUT2D eigenvalue weighted by Gasteiger charge is 2.37. The van der Waals surface area contributed by atoms with Gasteiger partial charge in [-0.1, -0.05) is 24.3 Å². The van der Waals surface area contributed by atoms with Crippen molar-refractivity contribution in [3.63, 3.8) is 0 Å². The number of carbonyl (C=O) groups is 1. The molecule has 0 aliphatic carbocycles. The minimum atomic E-state index is -0.383. The Hall–Kier alpha value is -3.36. The van der Waals surface area contributed by atoms with Gasteiger partial charge in [-0.3, -0.25) is 5.21 Å². The van der Waals surface area contributed by atoms with E-state index >= 15 is 0 Å². The third-order valence-corrected chi connectivity index (χ3v) is 6.59. The van der Waals surface area contributed by atoms with E-state index in [4.69, 9.17) is 9.84 Å². The second kappa shape index (κ2) is 9.87. The maximum Gasteiger partial charge on any atom is 0.343 e. The van der Waals surface area contributed by atoms with Gasteiger partial charge < -0.3 is 14.7 Å². The normalized spacial score (nSPS) is 20.3. The van der Waals surface area contributed by atoms with Gasteiger partial charge in [0.1, 0.15) is 5.75 Å². The van der Waals surface area contributed by atoms with Crippen LogP contribution in [0.5, 0.6) is 5.75 Å². The largest absolute Gasteiger partial charge is 0.497 e. The zero-order valence-electron chi connectivity index (χ0n) is 20.0. The highest BCUT2D eigenvalue weighted by molar-refractivity contribution is 5.73. The molecule has 8 heteroatoms. The second-order valence-corrected chi connectivity index (χ2v) is 9.00. The molecule has 4 rings (SSSR count). The lowest BCUT2D eigenvalue weighted by Gasteiger charge is -2.42. The number of aromatic nitrogens is 2. The Bertz CT molecular complexity index is 1050. The number of ether oxygens (including phenoxy) is 1. The number of carbonyl (C=O) groups excluding carboxylic acids is 1. The fourth-order valence-electron chi connectivity index (χ4n) is 4.87. The van der Waals surface area contributed by atoms with E-state index in [1.54, 1.807) is 12.0 Å².